The summed E-state index contributed by atoms with van der Waals surface area (Å²) in [6.07, 6.45) is -1.20. The van der Waals surface area contributed by atoms with Crippen molar-refractivity contribution >= 4 is 29.7 Å². The average Bonchev–Trinajstić information content (AvgIpc) is 2.58. The summed E-state index contributed by atoms with van der Waals surface area (Å²) in [6, 6.07) is -3.84. The summed E-state index contributed by atoms with van der Waals surface area (Å²) in [7, 11) is 0. The molecule has 0 spiro atoms. The maximum absolute atomic E-state index is 12.3. The van der Waals surface area contributed by atoms with Crippen LogP contribution in [0.2, 0.25) is 0 Å². The van der Waals surface area contributed by atoms with Crippen molar-refractivity contribution in [2.45, 2.75) is 56.8 Å². The van der Waals surface area contributed by atoms with Crippen molar-refractivity contribution in [2.24, 2.45) is 27.9 Å². The van der Waals surface area contributed by atoms with Crippen LogP contribution >= 0.6 is 0 Å². The van der Waals surface area contributed by atoms with E-state index in [1.54, 1.807) is 0 Å². The minimum atomic E-state index is -1.44. The third kappa shape index (κ3) is 10.3. The molecule has 13 heteroatoms. The highest BCUT2D eigenvalue weighted by atomic mass is 16.4. The molecule has 0 aliphatic carbocycles. The number of guanidine groups is 1. The Labute approximate surface area is 161 Å². The maximum atomic E-state index is 12.3. The minimum absolute atomic E-state index is 0.0896. The first-order valence-electron chi connectivity index (χ1n) is 8.56. The predicted octanol–water partition coefficient (Wildman–Crippen LogP) is -3.93. The molecule has 160 valence electrons. The van der Waals surface area contributed by atoms with Gasteiger partial charge in [-0.05, 0) is 26.2 Å². The van der Waals surface area contributed by atoms with Crippen LogP contribution in [0.1, 0.15) is 32.6 Å². The molecule has 0 aromatic carbocycles. The van der Waals surface area contributed by atoms with Gasteiger partial charge in [-0.15, -0.1) is 0 Å². The molecule has 28 heavy (non-hydrogen) atoms. The highest BCUT2D eigenvalue weighted by molar-refractivity contribution is 5.92. The first-order valence-corrected chi connectivity index (χ1v) is 8.56. The Morgan fingerprint density at radius 3 is 2.11 bits per heavy atom. The number of hydrogen-bond acceptors (Lipinski definition) is 7. The summed E-state index contributed by atoms with van der Waals surface area (Å²) >= 11 is 0. The standard InChI is InChI=1S/C15H29N7O6/c1-7(23)11(13(26)21-9(14(27)28)4-5-10(17)24)22-12(25)8(16)3-2-6-20-15(18)19/h7-9,11,23H,2-6,16H2,1H3,(H2,17,24)(H,21,26)(H,22,25)(H,27,28)(H4,18,19,20). The largest absolute Gasteiger partial charge is 0.480 e. The summed E-state index contributed by atoms with van der Waals surface area (Å²) in [5, 5.41) is 23.3. The molecule has 3 amide bonds. The summed E-state index contributed by atoms with van der Waals surface area (Å²) in [6.45, 7) is 1.51. The Kier molecular flexibility index (Phi) is 11.2. The topological polar surface area (TPSA) is 249 Å². The zero-order valence-corrected chi connectivity index (χ0v) is 15.6. The van der Waals surface area contributed by atoms with E-state index >= 15 is 0 Å². The average molecular weight is 403 g/mol. The zero-order chi connectivity index (χ0) is 21.9. The number of rotatable bonds is 13. The van der Waals surface area contributed by atoms with Crippen molar-refractivity contribution in [3.8, 4) is 0 Å². The second kappa shape index (κ2) is 12.5. The van der Waals surface area contributed by atoms with Crippen LogP contribution in [0.5, 0.6) is 0 Å². The first-order chi connectivity index (χ1) is 13.0. The number of primary amides is 1. The van der Waals surface area contributed by atoms with Gasteiger partial charge in [0, 0.05) is 13.0 Å². The quantitative estimate of drug-likeness (QED) is 0.0847. The van der Waals surface area contributed by atoms with E-state index < -0.39 is 47.9 Å². The Morgan fingerprint density at radius 2 is 1.64 bits per heavy atom. The molecule has 4 unspecified atom stereocenters. The van der Waals surface area contributed by atoms with Crippen molar-refractivity contribution in [1.29, 1.82) is 0 Å². The van der Waals surface area contributed by atoms with E-state index in [1.807, 2.05) is 0 Å². The highest BCUT2D eigenvalue weighted by Gasteiger charge is 2.30. The fraction of sp³-hybridized carbons (Fsp3) is 0.667. The molecular formula is C15H29N7O6. The van der Waals surface area contributed by atoms with E-state index in [0.717, 1.165) is 0 Å². The molecule has 0 aromatic rings. The third-order valence-electron chi connectivity index (χ3n) is 3.66. The van der Waals surface area contributed by atoms with Crippen LogP contribution < -0.4 is 33.6 Å². The summed E-state index contributed by atoms with van der Waals surface area (Å²) in [5.41, 5.74) is 21.1. The molecular weight excluding hydrogens is 374 g/mol. The van der Waals surface area contributed by atoms with Gasteiger partial charge in [0.05, 0.1) is 12.1 Å². The van der Waals surface area contributed by atoms with Crippen LogP contribution in [-0.4, -0.2) is 70.6 Å². The van der Waals surface area contributed by atoms with Gasteiger partial charge in [0.15, 0.2) is 5.96 Å². The molecule has 0 bridgehead atoms. The van der Waals surface area contributed by atoms with Crippen molar-refractivity contribution < 1.29 is 29.4 Å². The fourth-order valence-electron chi connectivity index (χ4n) is 2.12. The van der Waals surface area contributed by atoms with E-state index in [0.29, 0.717) is 6.42 Å². The van der Waals surface area contributed by atoms with Crippen molar-refractivity contribution in [3.05, 3.63) is 0 Å². The van der Waals surface area contributed by atoms with E-state index in [9.17, 15) is 24.3 Å². The minimum Gasteiger partial charge on any atom is -0.480 e. The van der Waals surface area contributed by atoms with Crippen LogP contribution in [0.15, 0.2) is 4.99 Å². The van der Waals surface area contributed by atoms with Crippen LogP contribution in [0.3, 0.4) is 0 Å². The first kappa shape index (κ1) is 25.1. The van der Waals surface area contributed by atoms with E-state index in [2.05, 4.69) is 15.6 Å². The monoisotopic (exact) mass is 403 g/mol. The number of amides is 3. The highest BCUT2D eigenvalue weighted by Crippen LogP contribution is 2.02. The van der Waals surface area contributed by atoms with Gasteiger partial charge in [-0.1, -0.05) is 0 Å². The normalized spacial score (nSPS) is 14.8. The van der Waals surface area contributed by atoms with Crippen molar-refractivity contribution in [1.82, 2.24) is 10.6 Å². The summed E-state index contributed by atoms with van der Waals surface area (Å²) < 4.78 is 0. The van der Waals surface area contributed by atoms with Gasteiger partial charge >= 0.3 is 5.97 Å². The molecule has 12 N–H and O–H groups in total. The molecule has 0 rings (SSSR count). The molecule has 0 saturated carbocycles. The molecule has 0 saturated heterocycles. The van der Waals surface area contributed by atoms with E-state index in [4.69, 9.17) is 28.0 Å². The van der Waals surface area contributed by atoms with Gasteiger partial charge in [-0.3, -0.25) is 19.4 Å². The number of aliphatic hydroxyl groups is 1. The number of carbonyl (C=O) groups is 4. The molecule has 0 aliphatic rings. The summed E-state index contributed by atoms with van der Waals surface area (Å²) in [4.78, 5) is 50.2. The van der Waals surface area contributed by atoms with Crippen LogP contribution in [0.25, 0.3) is 0 Å². The van der Waals surface area contributed by atoms with Gasteiger partial charge < -0.3 is 43.8 Å². The zero-order valence-electron chi connectivity index (χ0n) is 15.6. The van der Waals surface area contributed by atoms with Gasteiger partial charge in [0.25, 0.3) is 0 Å². The number of nitrogens with two attached hydrogens (primary N) is 4. The molecule has 4 atom stereocenters. The second-order valence-corrected chi connectivity index (χ2v) is 6.19. The number of nitrogens with one attached hydrogen (secondary N) is 2. The van der Waals surface area contributed by atoms with Crippen LogP contribution in [0, 0.1) is 0 Å². The lowest BCUT2D eigenvalue weighted by Gasteiger charge is -2.24. The van der Waals surface area contributed by atoms with Crippen molar-refractivity contribution in [2.75, 3.05) is 6.54 Å². The van der Waals surface area contributed by atoms with Gasteiger partial charge in [0.1, 0.15) is 12.1 Å². The molecule has 0 aromatic heterocycles. The third-order valence-corrected chi connectivity index (χ3v) is 3.66. The number of nitrogens with zero attached hydrogens (tertiary/aromatic N) is 1. The predicted molar refractivity (Wildman–Crippen MR) is 99.5 cm³/mol. The number of aliphatic imine (C=N–C) groups is 1. The Balaban J connectivity index is 4.83. The SMILES string of the molecule is CC(O)C(NC(=O)C(N)CCCN=C(N)N)C(=O)NC(CCC(N)=O)C(=O)O. The Morgan fingerprint density at radius 1 is 1.04 bits per heavy atom. The lowest BCUT2D eigenvalue weighted by molar-refractivity contribution is -0.143. The Bertz CT molecular complexity index is 591. The van der Waals surface area contributed by atoms with E-state index in [1.165, 1.54) is 6.92 Å². The molecule has 13 nitrogen and oxygen atoms in total. The molecule has 0 aliphatic heterocycles. The summed E-state index contributed by atoms with van der Waals surface area (Å²) in [5.74, 6) is -3.86. The van der Waals surface area contributed by atoms with Gasteiger partial charge in [-0.25, -0.2) is 4.79 Å². The number of hydrogen-bond donors (Lipinski definition) is 8. The Hall–Kier alpha value is -2.93. The second-order valence-electron chi connectivity index (χ2n) is 6.19. The molecule has 0 heterocycles. The smallest absolute Gasteiger partial charge is 0.326 e. The molecule has 0 radical (unpaired) electrons. The van der Waals surface area contributed by atoms with Gasteiger partial charge in [-0.2, -0.15) is 0 Å². The van der Waals surface area contributed by atoms with Crippen LogP contribution in [0.4, 0.5) is 0 Å². The van der Waals surface area contributed by atoms with Gasteiger partial charge in [0.2, 0.25) is 17.7 Å². The number of carboxylic acids is 1. The number of aliphatic hydroxyl groups excluding tert-OH is 1. The van der Waals surface area contributed by atoms with Crippen LogP contribution in [-0.2, 0) is 19.2 Å². The van der Waals surface area contributed by atoms with Crippen molar-refractivity contribution in [3.63, 3.8) is 0 Å². The maximum Gasteiger partial charge on any atom is 0.326 e. The lowest BCUT2D eigenvalue weighted by atomic mass is 10.1. The number of aliphatic carboxylic acids is 1. The number of carbonyl (C=O) groups excluding carboxylic acids is 3. The van der Waals surface area contributed by atoms with E-state index in [-0.39, 0.29) is 31.8 Å². The fourth-order valence-corrected chi connectivity index (χ4v) is 2.12. The lowest BCUT2D eigenvalue weighted by Crippen LogP contribution is -2.58. The number of carboxylic acid groups (broad SMARTS) is 1. The molecule has 0 fully saturated rings.